The minimum Gasteiger partial charge on any atom is -0.379 e. The van der Waals surface area contributed by atoms with E-state index >= 15 is 0 Å². The molecule has 0 fully saturated rings. The first-order valence-corrected chi connectivity index (χ1v) is 2.93. The lowest BCUT2D eigenvalue weighted by molar-refractivity contribution is -0.128. The second-order valence-electron chi connectivity index (χ2n) is 2.08. The molecule has 1 atom stereocenters. The highest BCUT2D eigenvalue weighted by Crippen LogP contribution is 1.87. The van der Waals surface area contributed by atoms with E-state index in [0.29, 0.717) is 0 Å². The molecule has 56 valence electrons. The largest absolute Gasteiger partial charge is 0.379 e. The van der Waals surface area contributed by atoms with Crippen LogP contribution in [0.25, 0.3) is 0 Å². The van der Waals surface area contributed by atoms with Crippen LogP contribution in [-0.4, -0.2) is 35.6 Å². The molecule has 0 aliphatic heterocycles. The Morgan fingerprint density at radius 2 is 2.40 bits per heavy atom. The number of carbonyl (C=O) groups is 1. The van der Waals surface area contributed by atoms with Crippen molar-refractivity contribution >= 4 is 5.91 Å². The predicted octanol–water partition coefficient (Wildman–Crippen LogP) is -0.541. The van der Waals surface area contributed by atoms with Crippen LogP contribution >= 0.6 is 0 Å². The molecule has 0 radical (unpaired) electrons. The third-order valence-corrected chi connectivity index (χ3v) is 1.18. The van der Waals surface area contributed by atoms with Crippen molar-refractivity contribution in [3.63, 3.8) is 0 Å². The summed E-state index contributed by atoms with van der Waals surface area (Å²) in [6.07, 6.45) is 4.03. The molecule has 1 amide bonds. The van der Waals surface area contributed by atoms with Gasteiger partial charge in [0.05, 0.1) is 6.54 Å². The van der Waals surface area contributed by atoms with E-state index < -0.39 is 6.10 Å². The maximum Gasteiger partial charge on any atom is 0.219 e. The summed E-state index contributed by atoms with van der Waals surface area (Å²) in [5, 5.41) is 8.85. The molecule has 0 bridgehead atoms. The summed E-state index contributed by atoms with van der Waals surface area (Å²) in [4.78, 5) is 11.9. The van der Waals surface area contributed by atoms with Gasteiger partial charge in [0, 0.05) is 14.0 Å². The topological polar surface area (TPSA) is 40.5 Å². The van der Waals surface area contributed by atoms with Crippen molar-refractivity contribution in [3.05, 3.63) is 0 Å². The van der Waals surface area contributed by atoms with Crippen LogP contribution in [0, 0.1) is 12.3 Å². The van der Waals surface area contributed by atoms with Crippen LogP contribution in [0.3, 0.4) is 0 Å². The number of hydrogen-bond donors (Lipinski definition) is 1. The average Bonchev–Trinajstić information content (AvgIpc) is 1.87. The molecule has 1 N–H and O–H groups in total. The minimum atomic E-state index is -0.853. The number of hydrogen-bond acceptors (Lipinski definition) is 2. The van der Waals surface area contributed by atoms with Gasteiger partial charge in [0.15, 0.2) is 0 Å². The number of carbonyl (C=O) groups excluding carboxylic acids is 1. The van der Waals surface area contributed by atoms with E-state index in [1.54, 1.807) is 7.05 Å². The zero-order valence-corrected chi connectivity index (χ0v) is 6.16. The Labute approximate surface area is 60.6 Å². The molecule has 3 nitrogen and oxygen atoms in total. The van der Waals surface area contributed by atoms with Crippen molar-refractivity contribution in [2.75, 3.05) is 13.6 Å². The Bertz CT molecular complexity index is 159. The van der Waals surface area contributed by atoms with Gasteiger partial charge in [-0.2, -0.15) is 0 Å². The first kappa shape index (κ1) is 8.99. The lowest BCUT2D eigenvalue weighted by Crippen LogP contribution is -2.31. The van der Waals surface area contributed by atoms with Gasteiger partial charge >= 0.3 is 0 Å². The summed E-state index contributed by atoms with van der Waals surface area (Å²) in [6.45, 7) is 1.62. The summed E-state index contributed by atoms with van der Waals surface area (Å²) >= 11 is 0. The molecule has 0 aliphatic rings. The van der Waals surface area contributed by atoms with Crippen LogP contribution in [0.5, 0.6) is 0 Å². The van der Waals surface area contributed by atoms with E-state index in [-0.39, 0.29) is 12.5 Å². The summed E-state index contributed by atoms with van der Waals surface area (Å²) in [7, 11) is 1.59. The Morgan fingerprint density at radius 3 is 2.70 bits per heavy atom. The molecular weight excluding hydrogens is 130 g/mol. The number of nitrogens with zero attached hydrogens (tertiary/aromatic N) is 1. The fourth-order valence-electron chi connectivity index (χ4n) is 0.441. The number of amides is 1. The van der Waals surface area contributed by atoms with E-state index in [4.69, 9.17) is 11.5 Å². The quantitative estimate of drug-likeness (QED) is 0.525. The average molecular weight is 141 g/mol. The first-order valence-electron chi connectivity index (χ1n) is 2.93. The molecule has 3 heteroatoms. The van der Waals surface area contributed by atoms with Crippen LogP contribution < -0.4 is 0 Å². The standard InChI is InChI=1S/C7H11NO2/c1-4-7(10)5-8(3)6(2)9/h1,7,10H,5H2,2-3H3/t7-/m1/s1. The molecule has 0 aliphatic carbocycles. The van der Waals surface area contributed by atoms with Gasteiger partial charge < -0.3 is 10.0 Å². The molecular formula is C7H11NO2. The Balaban J connectivity index is 3.70. The third-order valence-electron chi connectivity index (χ3n) is 1.18. The van der Waals surface area contributed by atoms with E-state index in [0.717, 1.165) is 0 Å². The molecule has 0 aromatic heterocycles. The molecule has 0 saturated carbocycles. The molecule has 0 heterocycles. The lowest BCUT2D eigenvalue weighted by atomic mass is 10.3. The molecule has 0 rings (SSSR count). The second-order valence-corrected chi connectivity index (χ2v) is 2.08. The summed E-state index contributed by atoms with van der Waals surface area (Å²) in [5.74, 6) is 2.01. The monoisotopic (exact) mass is 141 g/mol. The van der Waals surface area contributed by atoms with Gasteiger partial charge in [0.2, 0.25) is 5.91 Å². The number of rotatable bonds is 2. The number of aliphatic hydroxyl groups excluding tert-OH is 1. The Morgan fingerprint density at radius 1 is 1.90 bits per heavy atom. The summed E-state index contributed by atoms with van der Waals surface area (Å²) in [5.41, 5.74) is 0. The third kappa shape index (κ3) is 3.10. The molecule has 10 heavy (non-hydrogen) atoms. The SMILES string of the molecule is C#C[C@@H](O)CN(C)C(C)=O. The van der Waals surface area contributed by atoms with Crippen LogP contribution in [0.4, 0.5) is 0 Å². The van der Waals surface area contributed by atoms with Crippen molar-refractivity contribution in [1.29, 1.82) is 0 Å². The highest BCUT2D eigenvalue weighted by Gasteiger charge is 2.05. The van der Waals surface area contributed by atoms with Gasteiger partial charge in [-0.3, -0.25) is 4.79 Å². The van der Waals surface area contributed by atoms with Crippen LogP contribution in [0.2, 0.25) is 0 Å². The predicted molar refractivity (Wildman–Crippen MR) is 38.2 cm³/mol. The van der Waals surface area contributed by atoms with Gasteiger partial charge in [-0.15, -0.1) is 6.42 Å². The minimum absolute atomic E-state index is 0.102. The van der Waals surface area contributed by atoms with Crippen LogP contribution in [-0.2, 0) is 4.79 Å². The van der Waals surface area contributed by atoms with Crippen LogP contribution in [0.15, 0.2) is 0 Å². The van der Waals surface area contributed by atoms with Gasteiger partial charge in [-0.1, -0.05) is 5.92 Å². The molecule has 0 unspecified atom stereocenters. The Hall–Kier alpha value is -1.01. The van der Waals surface area contributed by atoms with Gasteiger partial charge in [0.1, 0.15) is 6.10 Å². The molecule has 0 aromatic carbocycles. The summed E-state index contributed by atoms with van der Waals surface area (Å²) < 4.78 is 0. The zero-order chi connectivity index (χ0) is 8.15. The number of likely N-dealkylation sites (N-methyl/N-ethyl adjacent to an activating group) is 1. The second kappa shape index (κ2) is 3.91. The highest BCUT2D eigenvalue weighted by atomic mass is 16.3. The fourth-order valence-corrected chi connectivity index (χ4v) is 0.441. The van der Waals surface area contributed by atoms with E-state index in [1.165, 1.54) is 11.8 Å². The van der Waals surface area contributed by atoms with Crippen molar-refractivity contribution in [1.82, 2.24) is 4.90 Å². The maximum atomic E-state index is 10.5. The normalized spacial score (nSPS) is 11.8. The van der Waals surface area contributed by atoms with E-state index in [9.17, 15) is 4.79 Å². The van der Waals surface area contributed by atoms with Crippen molar-refractivity contribution in [2.24, 2.45) is 0 Å². The van der Waals surface area contributed by atoms with Gasteiger partial charge in [-0.05, 0) is 0 Å². The molecule has 0 saturated heterocycles. The maximum absolute atomic E-state index is 10.5. The van der Waals surface area contributed by atoms with Crippen molar-refractivity contribution < 1.29 is 9.90 Å². The van der Waals surface area contributed by atoms with Crippen molar-refractivity contribution in [2.45, 2.75) is 13.0 Å². The fraction of sp³-hybridized carbons (Fsp3) is 0.571. The Kier molecular flexibility index (Phi) is 3.52. The smallest absolute Gasteiger partial charge is 0.219 e. The lowest BCUT2D eigenvalue weighted by Gasteiger charge is -2.15. The van der Waals surface area contributed by atoms with E-state index in [2.05, 4.69) is 5.92 Å². The highest BCUT2D eigenvalue weighted by molar-refractivity contribution is 5.72. The zero-order valence-electron chi connectivity index (χ0n) is 6.16. The van der Waals surface area contributed by atoms with E-state index in [1.807, 2.05) is 0 Å². The molecule has 0 spiro atoms. The summed E-state index contributed by atoms with van der Waals surface area (Å²) in [6, 6.07) is 0. The van der Waals surface area contributed by atoms with Crippen LogP contribution in [0.1, 0.15) is 6.92 Å². The molecule has 0 aromatic rings. The van der Waals surface area contributed by atoms with Crippen molar-refractivity contribution in [3.8, 4) is 12.3 Å². The van der Waals surface area contributed by atoms with Gasteiger partial charge in [-0.25, -0.2) is 0 Å². The number of aliphatic hydroxyl groups is 1. The first-order chi connectivity index (χ1) is 4.57. The number of terminal acetylenes is 1. The van der Waals surface area contributed by atoms with Gasteiger partial charge in [0.25, 0.3) is 0 Å².